The van der Waals surface area contributed by atoms with Gasteiger partial charge in [-0.05, 0) is 35.9 Å². The molecule has 0 fully saturated rings. The van der Waals surface area contributed by atoms with Crippen LogP contribution >= 0.6 is 0 Å². The Morgan fingerprint density at radius 3 is 2.46 bits per heavy atom. The van der Waals surface area contributed by atoms with Gasteiger partial charge in [0.05, 0.1) is 26.3 Å². The molecule has 0 aromatic heterocycles. The first-order chi connectivity index (χ1) is 11.6. The normalized spacial score (nSPS) is 9.96. The lowest BCUT2D eigenvalue weighted by molar-refractivity contribution is -0.139. The first-order valence-corrected chi connectivity index (χ1v) is 7.29. The van der Waals surface area contributed by atoms with Crippen molar-refractivity contribution in [1.29, 1.82) is 0 Å². The van der Waals surface area contributed by atoms with E-state index in [0.717, 1.165) is 11.8 Å². The fourth-order valence-electron chi connectivity index (χ4n) is 2.17. The van der Waals surface area contributed by atoms with Crippen LogP contribution in [-0.4, -0.2) is 33.5 Å². The number of benzene rings is 2. The molecular formula is C18H19NO5. The molecule has 0 unspecified atom stereocenters. The second-order valence-electron chi connectivity index (χ2n) is 4.96. The Hall–Kier alpha value is -3.02. The van der Waals surface area contributed by atoms with E-state index in [1.54, 1.807) is 43.4 Å². The number of nitrogens with one attached hydrogen (secondary N) is 1. The number of anilines is 1. The van der Waals surface area contributed by atoms with Gasteiger partial charge in [-0.2, -0.15) is 0 Å². The number of aldehydes is 1. The minimum absolute atomic E-state index is 0.156. The summed E-state index contributed by atoms with van der Waals surface area (Å²) < 4.78 is 15.9. The number of carbonyl (C=O) groups excluding carboxylic acids is 2. The Morgan fingerprint density at radius 2 is 1.83 bits per heavy atom. The summed E-state index contributed by atoms with van der Waals surface area (Å²) in [7, 11) is 4.62. The van der Waals surface area contributed by atoms with Crippen molar-refractivity contribution >= 4 is 17.9 Å². The number of esters is 1. The molecule has 0 bridgehead atoms. The highest BCUT2D eigenvalue weighted by Gasteiger charge is 2.12. The lowest BCUT2D eigenvalue weighted by atomic mass is 10.1. The van der Waals surface area contributed by atoms with Crippen LogP contribution in [0.1, 0.15) is 15.9 Å². The zero-order valence-corrected chi connectivity index (χ0v) is 13.8. The zero-order chi connectivity index (χ0) is 17.5. The summed E-state index contributed by atoms with van der Waals surface area (Å²) in [4.78, 5) is 22.2. The van der Waals surface area contributed by atoms with Crippen molar-refractivity contribution in [2.45, 2.75) is 6.42 Å². The molecule has 0 aliphatic carbocycles. The minimum Gasteiger partial charge on any atom is -0.493 e. The smallest absolute Gasteiger partial charge is 0.309 e. The van der Waals surface area contributed by atoms with Gasteiger partial charge in [-0.15, -0.1) is 0 Å². The quantitative estimate of drug-likeness (QED) is 0.622. The van der Waals surface area contributed by atoms with Crippen LogP contribution in [0.2, 0.25) is 0 Å². The molecule has 0 spiro atoms. The van der Waals surface area contributed by atoms with E-state index in [2.05, 4.69) is 10.1 Å². The van der Waals surface area contributed by atoms with Crippen molar-refractivity contribution < 1.29 is 23.8 Å². The van der Waals surface area contributed by atoms with Gasteiger partial charge in [0.15, 0.2) is 17.2 Å². The largest absolute Gasteiger partial charge is 0.493 e. The molecule has 24 heavy (non-hydrogen) atoms. The molecule has 0 saturated carbocycles. The standard InChI is InChI=1S/C18H19NO5/c1-19-14-8-13(11-20)5-6-15(14)24-16-7-4-12(9-17(16)22-2)10-18(21)23-3/h4-9,11,19H,10H2,1-3H3. The van der Waals surface area contributed by atoms with Crippen LogP contribution < -0.4 is 14.8 Å². The molecule has 0 saturated heterocycles. The summed E-state index contributed by atoms with van der Waals surface area (Å²) in [5.41, 5.74) is 1.99. The number of hydrogen-bond acceptors (Lipinski definition) is 6. The van der Waals surface area contributed by atoms with E-state index in [9.17, 15) is 9.59 Å². The van der Waals surface area contributed by atoms with Crippen molar-refractivity contribution in [2.75, 3.05) is 26.6 Å². The van der Waals surface area contributed by atoms with Crippen LogP contribution in [0.4, 0.5) is 5.69 Å². The molecule has 2 aromatic carbocycles. The fourth-order valence-corrected chi connectivity index (χ4v) is 2.17. The van der Waals surface area contributed by atoms with Gasteiger partial charge in [0.1, 0.15) is 6.29 Å². The van der Waals surface area contributed by atoms with Gasteiger partial charge in [-0.3, -0.25) is 9.59 Å². The van der Waals surface area contributed by atoms with Gasteiger partial charge in [-0.25, -0.2) is 0 Å². The first-order valence-electron chi connectivity index (χ1n) is 7.29. The van der Waals surface area contributed by atoms with E-state index in [1.807, 2.05) is 0 Å². The van der Waals surface area contributed by atoms with Crippen LogP contribution in [-0.2, 0) is 16.0 Å². The number of rotatable bonds is 7. The molecule has 0 aliphatic rings. The molecule has 126 valence electrons. The van der Waals surface area contributed by atoms with Crippen molar-refractivity contribution in [3.63, 3.8) is 0 Å². The molecule has 6 heteroatoms. The molecule has 0 heterocycles. The SMILES string of the molecule is CNc1cc(C=O)ccc1Oc1ccc(CC(=O)OC)cc1OC. The van der Waals surface area contributed by atoms with Crippen molar-refractivity contribution in [3.05, 3.63) is 47.5 Å². The summed E-state index contributed by atoms with van der Waals surface area (Å²) in [5.74, 6) is 1.23. The fraction of sp³-hybridized carbons (Fsp3) is 0.222. The summed E-state index contributed by atoms with van der Waals surface area (Å²) in [5, 5.41) is 2.99. The number of ether oxygens (including phenoxy) is 3. The Morgan fingerprint density at radius 1 is 1.08 bits per heavy atom. The molecular weight excluding hydrogens is 310 g/mol. The molecule has 1 N–H and O–H groups in total. The summed E-state index contributed by atoms with van der Waals surface area (Å²) in [6.07, 6.45) is 0.926. The van der Waals surface area contributed by atoms with Gasteiger partial charge in [0.25, 0.3) is 0 Å². The summed E-state index contributed by atoms with van der Waals surface area (Å²) >= 11 is 0. The Kier molecular flexibility index (Phi) is 5.78. The Balaban J connectivity index is 2.29. The van der Waals surface area contributed by atoms with E-state index in [4.69, 9.17) is 9.47 Å². The van der Waals surface area contributed by atoms with Gasteiger partial charge >= 0.3 is 5.97 Å². The van der Waals surface area contributed by atoms with E-state index < -0.39 is 0 Å². The van der Waals surface area contributed by atoms with E-state index in [1.165, 1.54) is 14.2 Å². The van der Waals surface area contributed by atoms with Crippen molar-refractivity contribution in [3.8, 4) is 17.2 Å². The zero-order valence-electron chi connectivity index (χ0n) is 13.8. The second-order valence-corrected chi connectivity index (χ2v) is 4.96. The molecule has 6 nitrogen and oxygen atoms in total. The van der Waals surface area contributed by atoms with Crippen molar-refractivity contribution in [2.24, 2.45) is 0 Å². The van der Waals surface area contributed by atoms with Gasteiger partial charge in [0, 0.05) is 12.6 Å². The molecule has 0 atom stereocenters. The monoisotopic (exact) mass is 329 g/mol. The third-order valence-electron chi connectivity index (χ3n) is 3.43. The van der Waals surface area contributed by atoms with E-state index in [0.29, 0.717) is 28.5 Å². The summed E-state index contributed by atoms with van der Waals surface area (Å²) in [6.45, 7) is 0. The first kappa shape index (κ1) is 17.3. The second kappa shape index (κ2) is 8.01. The van der Waals surface area contributed by atoms with E-state index in [-0.39, 0.29) is 12.4 Å². The average Bonchev–Trinajstić information content (AvgIpc) is 2.62. The highest BCUT2D eigenvalue weighted by atomic mass is 16.5. The number of carbonyl (C=O) groups is 2. The maximum Gasteiger partial charge on any atom is 0.309 e. The van der Waals surface area contributed by atoms with E-state index >= 15 is 0 Å². The molecule has 0 radical (unpaired) electrons. The number of hydrogen-bond donors (Lipinski definition) is 1. The predicted molar refractivity (Wildman–Crippen MR) is 90.2 cm³/mol. The Labute approximate surface area is 140 Å². The highest BCUT2D eigenvalue weighted by Crippen LogP contribution is 2.36. The lowest BCUT2D eigenvalue weighted by Gasteiger charge is -2.14. The third-order valence-corrected chi connectivity index (χ3v) is 3.43. The van der Waals surface area contributed by atoms with Gasteiger partial charge in [-0.1, -0.05) is 6.07 Å². The summed E-state index contributed by atoms with van der Waals surface area (Å²) in [6, 6.07) is 10.3. The maximum absolute atomic E-state index is 11.4. The van der Waals surface area contributed by atoms with Crippen molar-refractivity contribution in [1.82, 2.24) is 0 Å². The van der Waals surface area contributed by atoms with Crippen LogP contribution in [0, 0.1) is 0 Å². The molecule has 0 aliphatic heterocycles. The molecule has 2 aromatic rings. The lowest BCUT2D eigenvalue weighted by Crippen LogP contribution is -2.04. The highest BCUT2D eigenvalue weighted by molar-refractivity contribution is 5.79. The Bertz CT molecular complexity index is 742. The van der Waals surface area contributed by atoms with Crippen LogP contribution in [0.15, 0.2) is 36.4 Å². The van der Waals surface area contributed by atoms with Crippen LogP contribution in [0.25, 0.3) is 0 Å². The predicted octanol–water partition coefficient (Wildman–Crippen LogP) is 3.06. The van der Waals surface area contributed by atoms with Crippen LogP contribution in [0.3, 0.4) is 0 Å². The number of methoxy groups -OCH3 is 2. The van der Waals surface area contributed by atoms with Gasteiger partial charge in [0.2, 0.25) is 0 Å². The molecule has 0 amide bonds. The minimum atomic E-state index is -0.326. The average molecular weight is 329 g/mol. The van der Waals surface area contributed by atoms with Gasteiger partial charge < -0.3 is 19.5 Å². The third kappa shape index (κ3) is 4.04. The topological polar surface area (TPSA) is 73.9 Å². The molecule has 2 rings (SSSR count). The van der Waals surface area contributed by atoms with Crippen LogP contribution in [0.5, 0.6) is 17.2 Å². The maximum atomic E-state index is 11.4.